The Labute approximate surface area is 110 Å². The Morgan fingerprint density at radius 1 is 1.47 bits per heavy atom. The number of carbonyl (C=O) groups excluding carboxylic acids is 1. The van der Waals surface area contributed by atoms with Crippen LogP contribution >= 0.6 is 0 Å². The van der Waals surface area contributed by atoms with E-state index in [0.29, 0.717) is 31.1 Å². The Morgan fingerprint density at radius 3 is 3.05 bits per heavy atom. The number of nitrogens with one attached hydrogen (secondary N) is 2. The SMILES string of the molecule is Cc1noc(CCC(=O)NCCCc2ncn[nH]2)n1. The smallest absolute Gasteiger partial charge is 0.227 e. The molecule has 2 heterocycles. The summed E-state index contributed by atoms with van der Waals surface area (Å²) in [5.74, 6) is 1.89. The minimum atomic E-state index is -0.0200. The van der Waals surface area contributed by atoms with Crippen LogP contribution in [0.1, 0.15) is 30.4 Å². The zero-order valence-corrected chi connectivity index (χ0v) is 10.7. The van der Waals surface area contributed by atoms with Crippen molar-refractivity contribution in [2.75, 3.05) is 6.54 Å². The molecule has 0 aliphatic heterocycles. The first-order chi connectivity index (χ1) is 9.24. The summed E-state index contributed by atoms with van der Waals surface area (Å²) in [7, 11) is 0. The minimum Gasteiger partial charge on any atom is -0.356 e. The van der Waals surface area contributed by atoms with Crippen molar-refractivity contribution >= 4 is 5.91 Å². The van der Waals surface area contributed by atoms with Crippen LogP contribution in [0, 0.1) is 6.92 Å². The van der Waals surface area contributed by atoms with E-state index in [2.05, 4.69) is 30.6 Å². The van der Waals surface area contributed by atoms with E-state index in [-0.39, 0.29) is 5.91 Å². The lowest BCUT2D eigenvalue weighted by atomic mass is 10.2. The molecule has 0 saturated carbocycles. The molecular formula is C11H16N6O2. The molecule has 19 heavy (non-hydrogen) atoms. The molecule has 0 aromatic carbocycles. The van der Waals surface area contributed by atoms with Gasteiger partial charge in [-0.15, -0.1) is 0 Å². The molecule has 0 aliphatic carbocycles. The highest BCUT2D eigenvalue weighted by molar-refractivity contribution is 5.75. The molecule has 2 rings (SSSR count). The summed E-state index contributed by atoms with van der Waals surface area (Å²) >= 11 is 0. The van der Waals surface area contributed by atoms with Crippen molar-refractivity contribution in [2.45, 2.75) is 32.6 Å². The second kappa shape index (κ2) is 6.62. The third-order valence-corrected chi connectivity index (χ3v) is 2.51. The lowest BCUT2D eigenvalue weighted by molar-refractivity contribution is -0.121. The topological polar surface area (TPSA) is 110 Å². The van der Waals surface area contributed by atoms with E-state index in [0.717, 1.165) is 18.7 Å². The number of amides is 1. The molecule has 2 N–H and O–H groups in total. The summed E-state index contributed by atoms with van der Waals surface area (Å²) in [5, 5.41) is 13.0. The van der Waals surface area contributed by atoms with Gasteiger partial charge in [0.1, 0.15) is 12.2 Å². The molecule has 2 aromatic rings. The van der Waals surface area contributed by atoms with Gasteiger partial charge in [0.05, 0.1) is 0 Å². The van der Waals surface area contributed by atoms with Crippen LogP contribution in [-0.4, -0.2) is 37.8 Å². The largest absolute Gasteiger partial charge is 0.356 e. The molecule has 1 amide bonds. The summed E-state index contributed by atoms with van der Waals surface area (Å²) in [5.41, 5.74) is 0. The Balaban J connectivity index is 1.57. The number of carbonyl (C=O) groups is 1. The predicted molar refractivity (Wildman–Crippen MR) is 65.1 cm³/mol. The molecule has 0 unspecified atom stereocenters. The van der Waals surface area contributed by atoms with Crippen molar-refractivity contribution in [1.82, 2.24) is 30.6 Å². The van der Waals surface area contributed by atoms with Crippen LogP contribution in [0.15, 0.2) is 10.9 Å². The lowest BCUT2D eigenvalue weighted by Crippen LogP contribution is -2.25. The van der Waals surface area contributed by atoms with Gasteiger partial charge in [0.2, 0.25) is 11.8 Å². The maximum Gasteiger partial charge on any atom is 0.227 e. The van der Waals surface area contributed by atoms with Gasteiger partial charge in [-0.25, -0.2) is 4.98 Å². The fraction of sp³-hybridized carbons (Fsp3) is 0.545. The van der Waals surface area contributed by atoms with Crippen LogP contribution in [0.4, 0.5) is 0 Å². The molecule has 2 aromatic heterocycles. The number of aromatic amines is 1. The van der Waals surface area contributed by atoms with Crippen molar-refractivity contribution in [3.05, 3.63) is 23.9 Å². The number of aryl methyl sites for hydroxylation is 3. The monoisotopic (exact) mass is 264 g/mol. The van der Waals surface area contributed by atoms with Gasteiger partial charge in [-0.1, -0.05) is 5.16 Å². The van der Waals surface area contributed by atoms with Crippen LogP contribution in [0.25, 0.3) is 0 Å². The quantitative estimate of drug-likeness (QED) is 0.690. The highest BCUT2D eigenvalue weighted by atomic mass is 16.5. The first-order valence-electron chi connectivity index (χ1n) is 6.14. The zero-order chi connectivity index (χ0) is 13.5. The Kier molecular flexibility index (Phi) is 4.60. The molecule has 0 fully saturated rings. The molecule has 0 aliphatic rings. The molecule has 0 atom stereocenters. The second-order valence-electron chi connectivity index (χ2n) is 4.12. The van der Waals surface area contributed by atoms with E-state index in [1.807, 2.05) is 0 Å². The Hall–Kier alpha value is -2.25. The first-order valence-corrected chi connectivity index (χ1v) is 6.14. The zero-order valence-electron chi connectivity index (χ0n) is 10.7. The molecule has 8 nitrogen and oxygen atoms in total. The molecule has 8 heteroatoms. The maximum absolute atomic E-state index is 11.5. The van der Waals surface area contributed by atoms with Crippen molar-refractivity contribution in [3.8, 4) is 0 Å². The van der Waals surface area contributed by atoms with Crippen LogP contribution in [0.3, 0.4) is 0 Å². The van der Waals surface area contributed by atoms with Crippen molar-refractivity contribution in [1.29, 1.82) is 0 Å². The summed E-state index contributed by atoms with van der Waals surface area (Å²) in [4.78, 5) is 19.6. The van der Waals surface area contributed by atoms with Gasteiger partial charge in [-0.3, -0.25) is 9.89 Å². The van der Waals surface area contributed by atoms with E-state index in [9.17, 15) is 4.79 Å². The van der Waals surface area contributed by atoms with Gasteiger partial charge in [0.25, 0.3) is 0 Å². The number of nitrogens with zero attached hydrogens (tertiary/aromatic N) is 4. The number of H-pyrrole nitrogens is 1. The highest BCUT2D eigenvalue weighted by Gasteiger charge is 2.06. The van der Waals surface area contributed by atoms with Gasteiger partial charge < -0.3 is 9.84 Å². The first kappa shape index (κ1) is 13.2. The van der Waals surface area contributed by atoms with Crippen molar-refractivity contribution < 1.29 is 9.32 Å². The predicted octanol–water partition coefficient (Wildman–Crippen LogP) is 0.178. The summed E-state index contributed by atoms with van der Waals surface area (Å²) in [6.45, 7) is 2.36. The molecule has 0 bridgehead atoms. The minimum absolute atomic E-state index is 0.0200. The van der Waals surface area contributed by atoms with E-state index < -0.39 is 0 Å². The number of aromatic nitrogens is 5. The Morgan fingerprint density at radius 2 is 2.37 bits per heavy atom. The molecule has 0 saturated heterocycles. The molecule has 102 valence electrons. The average Bonchev–Trinajstić information content (AvgIpc) is 3.03. The fourth-order valence-electron chi connectivity index (χ4n) is 1.59. The summed E-state index contributed by atoms with van der Waals surface area (Å²) in [6.07, 6.45) is 3.88. The second-order valence-corrected chi connectivity index (χ2v) is 4.12. The summed E-state index contributed by atoms with van der Waals surface area (Å²) in [6, 6.07) is 0. The van der Waals surface area contributed by atoms with E-state index >= 15 is 0 Å². The van der Waals surface area contributed by atoms with Crippen molar-refractivity contribution in [2.24, 2.45) is 0 Å². The van der Waals surface area contributed by atoms with E-state index in [4.69, 9.17) is 4.52 Å². The third-order valence-electron chi connectivity index (χ3n) is 2.51. The lowest BCUT2D eigenvalue weighted by Gasteiger charge is -2.02. The normalized spacial score (nSPS) is 10.6. The van der Waals surface area contributed by atoms with Crippen LogP contribution in [0.2, 0.25) is 0 Å². The van der Waals surface area contributed by atoms with Gasteiger partial charge in [-0.05, 0) is 13.3 Å². The van der Waals surface area contributed by atoms with Gasteiger partial charge in [-0.2, -0.15) is 10.1 Å². The summed E-state index contributed by atoms with van der Waals surface area (Å²) < 4.78 is 4.93. The third kappa shape index (κ3) is 4.49. The van der Waals surface area contributed by atoms with Crippen LogP contribution < -0.4 is 5.32 Å². The fourth-order valence-corrected chi connectivity index (χ4v) is 1.59. The van der Waals surface area contributed by atoms with Gasteiger partial charge >= 0.3 is 0 Å². The highest BCUT2D eigenvalue weighted by Crippen LogP contribution is 2.00. The molecular weight excluding hydrogens is 248 g/mol. The van der Waals surface area contributed by atoms with E-state index in [1.165, 1.54) is 6.33 Å². The molecule has 0 radical (unpaired) electrons. The van der Waals surface area contributed by atoms with Crippen LogP contribution in [0.5, 0.6) is 0 Å². The average molecular weight is 264 g/mol. The number of rotatable bonds is 7. The standard InChI is InChI=1S/C11H16N6O2/c1-8-15-11(19-17-8)5-4-10(18)12-6-2-3-9-13-7-14-16-9/h7H,2-6H2,1H3,(H,12,18)(H,13,14,16). The maximum atomic E-state index is 11.5. The van der Waals surface area contributed by atoms with Crippen LogP contribution in [-0.2, 0) is 17.6 Å². The van der Waals surface area contributed by atoms with Crippen molar-refractivity contribution in [3.63, 3.8) is 0 Å². The number of hydrogen-bond donors (Lipinski definition) is 2. The number of hydrogen-bond acceptors (Lipinski definition) is 6. The molecule has 0 spiro atoms. The van der Waals surface area contributed by atoms with E-state index in [1.54, 1.807) is 6.92 Å². The van der Waals surface area contributed by atoms with Gasteiger partial charge in [0.15, 0.2) is 5.82 Å². The Bertz CT molecular complexity index is 507. The van der Waals surface area contributed by atoms with Gasteiger partial charge in [0, 0.05) is 25.8 Å².